The third-order valence-corrected chi connectivity index (χ3v) is 5.36. The molecule has 0 spiro atoms. The quantitative estimate of drug-likeness (QED) is 0.685. The van der Waals surface area contributed by atoms with Gasteiger partial charge in [0, 0.05) is 24.8 Å². The molecular formula is C23H29N3O4. The molecule has 0 saturated carbocycles. The number of carbonyl (C=O) groups is 2. The minimum atomic E-state index is -0.691. The van der Waals surface area contributed by atoms with Crippen LogP contribution in [0.1, 0.15) is 18.4 Å². The van der Waals surface area contributed by atoms with Gasteiger partial charge in [-0.25, -0.2) is 0 Å². The van der Waals surface area contributed by atoms with Crippen molar-refractivity contribution in [3.05, 3.63) is 54.1 Å². The molecule has 2 aromatic carbocycles. The highest BCUT2D eigenvalue weighted by atomic mass is 16.5. The predicted octanol–water partition coefficient (Wildman–Crippen LogP) is 2.67. The van der Waals surface area contributed by atoms with Crippen molar-refractivity contribution >= 4 is 17.5 Å². The average Bonchev–Trinajstić information content (AvgIpc) is 2.79. The summed E-state index contributed by atoms with van der Waals surface area (Å²) in [6.45, 7) is 3.45. The zero-order valence-electron chi connectivity index (χ0n) is 17.5. The predicted molar refractivity (Wildman–Crippen MR) is 116 cm³/mol. The molecule has 0 unspecified atom stereocenters. The fourth-order valence-electron chi connectivity index (χ4n) is 3.61. The molecule has 0 radical (unpaired) electrons. The maximum Gasteiger partial charge on any atom is 0.313 e. The van der Waals surface area contributed by atoms with Crippen LogP contribution in [0.4, 0.5) is 5.69 Å². The maximum absolute atomic E-state index is 12.2. The van der Waals surface area contributed by atoms with E-state index in [2.05, 4.69) is 39.8 Å². The van der Waals surface area contributed by atoms with E-state index in [0.29, 0.717) is 29.6 Å². The highest BCUT2D eigenvalue weighted by Gasteiger charge is 2.21. The van der Waals surface area contributed by atoms with Crippen molar-refractivity contribution in [2.75, 3.05) is 39.2 Å². The van der Waals surface area contributed by atoms with E-state index in [-0.39, 0.29) is 0 Å². The lowest BCUT2D eigenvalue weighted by Crippen LogP contribution is -2.41. The van der Waals surface area contributed by atoms with E-state index < -0.39 is 11.8 Å². The number of benzene rings is 2. The van der Waals surface area contributed by atoms with Crippen LogP contribution in [0.15, 0.2) is 48.5 Å². The fraction of sp³-hybridized carbons (Fsp3) is 0.391. The standard InChI is InChI=1S/C23H29N3O4/c1-29-20-9-8-19(14-21(20)30-2)25-23(28)22(27)24-15-17-10-12-26(13-11-17)16-18-6-4-3-5-7-18/h3-9,14,17H,10-13,15-16H2,1-2H3,(H,24,27)(H,25,28). The number of hydrogen-bond acceptors (Lipinski definition) is 5. The summed E-state index contributed by atoms with van der Waals surface area (Å²) in [5.74, 6) is 0.103. The molecule has 2 amide bonds. The van der Waals surface area contributed by atoms with E-state index >= 15 is 0 Å². The van der Waals surface area contributed by atoms with E-state index in [1.54, 1.807) is 18.2 Å². The van der Waals surface area contributed by atoms with Crippen molar-refractivity contribution in [2.24, 2.45) is 5.92 Å². The van der Waals surface area contributed by atoms with Crippen LogP contribution in [0.3, 0.4) is 0 Å². The number of rotatable bonds is 7. The Hall–Kier alpha value is -3.06. The number of methoxy groups -OCH3 is 2. The Balaban J connectivity index is 1.41. The molecule has 7 nitrogen and oxygen atoms in total. The highest BCUT2D eigenvalue weighted by molar-refractivity contribution is 6.39. The molecule has 0 atom stereocenters. The first kappa shape index (κ1) is 21.6. The first-order valence-corrected chi connectivity index (χ1v) is 10.2. The third-order valence-electron chi connectivity index (χ3n) is 5.36. The van der Waals surface area contributed by atoms with Gasteiger partial charge in [0.05, 0.1) is 14.2 Å². The Bertz CT molecular complexity index is 849. The number of carbonyl (C=O) groups excluding carboxylic acids is 2. The molecule has 3 rings (SSSR count). The van der Waals surface area contributed by atoms with Gasteiger partial charge in [-0.15, -0.1) is 0 Å². The molecule has 1 aliphatic rings. The Morgan fingerprint density at radius 3 is 2.33 bits per heavy atom. The van der Waals surface area contributed by atoms with Gasteiger partial charge in [0.25, 0.3) is 0 Å². The summed E-state index contributed by atoms with van der Waals surface area (Å²) in [5, 5.41) is 5.36. The molecule has 1 heterocycles. The van der Waals surface area contributed by atoms with Crippen LogP contribution in [-0.2, 0) is 16.1 Å². The normalized spacial score (nSPS) is 14.7. The minimum absolute atomic E-state index is 0.384. The van der Waals surface area contributed by atoms with Crippen LogP contribution in [0.25, 0.3) is 0 Å². The number of ether oxygens (including phenoxy) is 2. The zero-order valence-corrected chi connectivity index (χ0v) is 17.5. The largest absolute Gasteiger partial charge is 0.493 e. The van der Waals surface area contributed by atoms with E-state index in [1.165, 1.54) is 19.8 Å². The molecule has 160 valence electrons. The van der Waals surface area contributed by atoms with Crippen LogP contribution in [0, 0.1) is 5.92 Å². The number of nitrogens with zero attached hydrogens (tertiary/aromatic N) is 1. The van der Waals surface area contributed by atoms with E-state index in [1.807, 2.05) is 6.07 Å². The van der Waals surface area contributed by atoms with Gasteiger partial charge in [0.1, 0.15) is 0 Å². The first-order valence-electron chi connectivity index (χ1n) is 10.2. The van der Waals surface area contributed by atoms with E-state index in [9.17, 15) is 9.59 Å². The number of piperidine rings is 1. The number of likely N-dealkylation sites (tertiary alicyclic amines) is 1. The summed E-state index contributed by atoms with van der Waals surface area (Å²) in [6, 6.07) is 15.4. The second-order valence-electron chi connectivity index (χ2n) is 7.44. The third kappa shape index (κ3) is 5.97. The zero-order chi connectivity index (χ0) is 21.3. The molecule has 7 heteroatoms. The van der Waals surface area contributed by atoms with Crippen molar-refractivity contribution in [1.82, 2.24) is 10.2 Å². The summed E-state index contributed by atoms with van der Waals surface area (Å²) < 4.78 is 10.4. The summed E-state index contributed by atoms with van der Waals surface area (Å²) in [7, 11) is 3.05. The second-order valence-corrected chi connectivity index (χ2v) is 7.44. The molecule has 0 bridgehead atoms. The van der Waals surface area contributed by atoms with Gasteiger partial charge in [0.2, 0.25) is 0 Å². The summed E-state index contributed by atoms with van der Waals surface area (Å²) in [5.41, 5.74) is 1.79. The monoisotopic (exact) mass is 411 g/mol. The van der Waals surface area contributed by atoms with E-state index in [0.717, 1.165) is 32.5 Å². The fourth-order valence-corrected chi connectivity index (χ4v) is 3.61. The lowest BCUT2D eigenvalue weighted by Gasteiger charge is -2.32. The molecule has 30 heavy (non-hydrogen) atoms. The number of nitrogens with one attached hydrogen (secondary N) is 2. The number of anilines is 1. The van der Waals surface area contributed by atoms with Crippen molar-refractivity contribution in [2.45, 2.75) is 19.4 Å². The topological polar surface area (TPSA) is 79.9 Å². The Labute approximate surface area is 177 Å². The summed E-state index contributed by atoms with van der Waals surface area (Å²) in [6.07, 6.45) is 2.01. The Morgan fingerprint density at radius 2 is 1.67 bits per heavy atom. The second kappa shape index (κ2) is 10.6. The molecule has 1 saturated heterocycles. The first-order chi connectivity index (χ1) is 14.6. The minimum Gasteiger partial charge on any atom is -0.493 e. The SMILES string of the molecule is COc1ccc(NC(=O)C(=O)NCC2CCN(Cc3ccccc3)CC2)cc1OC. The molecule has 1 fully saturated rings. The van der Waals surface area contributed by atoms with Crippen LogP contribution in [-0.4, -0.2) is 50.6 Å². The highest BCUT2D eigenvalue weighted by Crippen LogP contribution is 2.29. The van der Waals surface area contributed by atoms with Gasteiger partial charge in [-0.3, -0.25) is 14.5 Å². The van der Waals surface area contributed by atoms with Crippen molar-refractivity contribution in [1.29, 1.82) is 0 Å². The molecule has 1 aliphatic heterocycles. The Kier molecular flexibility index (Phi) is 7.68. The van der Waals surface area contributed by atoms with Crippen LogP contribution < -0.4 is 20.1 Å². The lowest BCUT2D eigenvalue weighted by molar-refractivity contribution is -0.136. The summed E-state index contributed by atoms with van der Waals surface area (Å²) >= 11 is 0. The van der Waals surface area contributed by atoms with Crippen molar-refractivity contribution in [3.8, 4) is 11.5 Å². The van der Waals surface area contributed by atoms with Gasteiger partial charge >= 0.3 is 11.8 Å². The number of amides is 2. The number of hydrogen-bond donors (Lipinski definition) is 2. The maximum atomic E-state index is 12.2. The van der Waals surface area contributed by atoms with Crippen LogP contribution >= 0.6 is 0 Å². The average molecular weight is 412 g/mol. The molecule has 0 aromatic heterocycles. The van der Waals surface area contributed by atoms with Gasteiger partial charge < -0.3 is 20.1 Å². The smallest absolute Gasteiger partial charge is 0.313 e. The van der Waals surface area contributed by atoms with Crippen LogP contribution in [0.2, 0.25) is 0 Å². The molecular weight excluding hydrogens is 382 g/mol. The lowest BCUT2D eigenvalue weighted by atomic mass is 9.96. The Morgan fingerprint density at radius 1 is 0.967 bits per heavy atom. The van der Waals surface area contributed by atoms with E-state index in [4.69, 9.17) is 9.47 Å². The molecule has 0 aliphatic carbocycles. The summed E-state index contributed by atoms with van der Waals surface area (Å²) in [4.78, 5) is 26.8. The van der Waals surface area contributed by atoms with Gasteiger partial charge in [-0.2, -0.15) is 0 Å². The molecule has 2 aromatic rings. The van der Waals surface area contributed by atoms with Crippen molar-refractivity contribution < 1.29 is 19.1 Å². The van der Waals surface area contributed by atoms with Gasteiger partial charge in [0.15, 0.2) is 11.5 Å². The van der Waals surface area contributed by atoms with Crippen molar-refractivity contribution in [3.63, 3.8) is 0 Å². The van der Waals surface area contributed by atoms with Gasteiger partial charge in [-0.05, 0) is 49.5 Å². The van der Waals surface area contributed by atoms with Gasteiger partial charge in [-0.1, -0.05) is 30.3 Å². The van der Waals surface area contributed by atoms with Crippen LogP contribution in [0.5, 0.6) is 11.5 Å². The molecule has 2 N–H and O–H groups in total.